The largest absolute Gasteiger partial charge is 0.547 e. The van der Waals surface area contributed by atoms with Gasteiger partial charge in [-0.1, -0.05) is 19.1 Å². The summed E-state index contributed by atoms with van der Waals surface area (Å²) in [6.07, 6.45) is 2.98. The third kappa shape index (κ3) is 6.22. The summed E-state index contributed by atoms with van der Waals surface area (Å²) in [7, 11) is -1.42. The first-order valence-electron chi connectivity index (χ1n) is 4.40. The Kier molecular flexibility index (Phi) is 4.32. The summed E-state index contributed by atoms with van der Waals surface area (Å²) in [4.78, 5) is 0. The van der Waals surface area contributed by atoms with Gasteiger partial charge in [0.1, 0.15) is 0 Å². The molecule has 0 aromatic rings. The van der Waals surface area contributed by atoms with E-state index in [1.165, 1.54) is 0 Å². The highest BCUT2D eigenvalue weighted by molar-refractivity contribution is 6.70. The molecule has 0 aliphatic heterocycles. The van der Waals surface area contributed by atoms with E-state index < -0.39 is 8.32 Å². The van der Waals surface area contributed by atoms with Crippen LogP contribution >= 0.6 is 0 Å². The molecule has 0 aromatic carbocycles. The van der Waals surface area contributed by atoms with Crippen molar-refractivity contribution in [3.63, 3.8) is 0 Å². The van der Waals surface area contributed by atoms with Crippen LogP contribution in [0.4, 0.5) is 0 Å². The van der Waals surface area contributed by atoms with Crippen LogP contribution in [0.2, 0.25) is 19.6 Å². The Labute approximate surface area is 77.3 Å². The fourth-order valence-electron chi connectivity index (χ4n) is 0.872. The van der Waals surface area contributed by atoms with Gasteiger partial charge in [0.25, 0.3) is 0 Å². The second-order valence-electron chi connectivity index (χ2n) is 4.02. The minimum Gasteiger partial charge on any atom is -0.547 e. The van der Waals surface area contributed by atoms with E-state index in [0.29, 0.717) is 0 Å². The molecule has 0 atom stereocenters. The number of rotatable bonds is 4. The molecule has 0 saturated heterocycles. The molecule has 0 aliphatic carbocycles. The van der Waals surface area contributed by atoms with Crippen LogP contribution in [-0.2, 0) is 4.43 Å². The lowest BCUT2D eigenvalue weighted by Gasteiger charge is -2.21. The molecule has 0 radical (unpaired) electrons. The molecule has 0 N–H and O–H groups in total. The maximum Gasteiger partial charge on any atom is 0.241 e. The van der Waals surface area contributed by atoms with Gasteiger partial charge in [-0.3, -0.25) is 0 Å². The monoisotopic (exact) mass is 184 g/mol. The second-order valence-corrected chi connectivity index (χ2v) is 8.45. The van der Waals surface area contributed by atoms with Crippen molar-refractivity contribution < 1.29 is 4.43 Å². The molecule has 2 heteroatoms. The summed E-state index contributed by atoms with van der Waals surface area (Å²) < 4.78 is 5.84. The van der Waals surface area contributed by atoms with Gasteiger partial charge >= 0.3 is 0 Å². The highest BCUT2D eigenvalue weighted by atomic mass is 28.4. The summed E-state index contributed by atoms with van der Waals surface area (Å²) in [5, 5.41) is 0. The highest BCUT2D eigenvalue weighted by Gasteiger charge is 2.16. The lowest BCUT2D eigenvalue weighted by Crippen LogP contribution is -2.24. The standard InChI is InChI=1S/C10H20OSi/c1-7-10(8-9(2)3)11-12(4,5)6/h8H,2,7H2,1,3-6H3. The van der Waals surface area contributed by atoms with Gasteiger partial charge in [0.05, 0.1) is 5.76 Å². The van der Waals surface area contributed by atoms with Crippen molar-refractivity contribution in [3.05, 3.63) is 24.0 Å². The minimum absolute atomic E-state index is 0.955. The first-order valence-corrected chi connectivity index (χ1v) is 7.81. The normalized spacial score (nSPS) is 12.9. The first-order chi connectivity index (χ1) is 5.35. The molecule has 70 valence electrons. The van der Waals surface area contributed by atoms with Gasteiger partial charge in [-0.05, 0) is 32.6 Å². The summed E-state index contributed by atoms with van der Waals surface area (Å²) in [6.45, 7) is 14.5. The molecule has 0 saturated carbocycles. The van der Waals surface area contributed by atoms with E-state index in [0.717, 1.165) is 17.8 Å². The van der Waals surface area contributed by atoms with Gasteiger partial charge in [-0.2, -0.15) is 0 Å². The zero-order valence-corrected chi connectivity index (χ0v) is 9.90. The van der Waals surface area contributed by atoms with E-state index in [1.807, 2.05) is 13.0 Å². The van der Waals surface area contributed by atoms with Crippen molar-refractivity contribution in [3.8, 4) is 0 Å². The maximum atomic E-state index is 5.84. The first kappa shape index (κ1) is 11.5. The average Bonchev–Trinajstić information content (AvgIpc) is 1.82. The Hall–Kier alpha value is -0.503. The average molecular weight is 184 g/mol. The van der Waals surface area contributed by atoms with Crippen molar-refractivity contribution in [1.82, 2.24) is 0 Å². The molecular formula is C10H20OSi. The fraction of sp³-hybridized carbons (Fsp3) is 0.600. The summed E-state index contributed by atoms with van der Waals surface area (Å²) in [5.41, 5.74) is 1.06. The zero-order chi connectivity index (χ0) is 9.78. The molecule has 0 bridgehead atoms. The molecule has 0 fully saturated rings. The van der Waals surface area contributed by atoms with Crippen molar-refractivity contribution in [1.29, 1.82) is 0 Å². The van der Waals surface area contributed by atoms with Crippen LogP contribution in [0.3, 0.4) is 0 Å². The van der Waals surface area contributed by atoms with Gasteiger partial charge in [-0.15, -0.1) is 0 Å². The van der Waals surface area contributed by atoms with Gasteiger partial charge in [0.2, 0.25) is 8.32 Å². The Morgan fingerprint density at radius 2 is 1.92 bits per heavy atom. The number of hydrogen-bond acceptors (Lipinski definition) is 1. The van der Waals surface area contributed by atoms with Crippen LogP contribution in [0.5, 0.6) is 0 Å². The molecule has 0 heterocycles. The van der Waals surface area contributed by atoms with Gasteiger partial charge in [0.15, 0.2) is 0 Å². The van der Waals surface area contributed by atoms with Crippen molar-refractivity contribution in [2.45, 2.75) is 39.9 Å². The number of hydrogen-bond donors (Lipinski definition) is 0. The molecule has 0 amide bonds. The van der Waals surface area contributed by atoms with Crippen LogP contribution in [0, 0.1) is 0 Å². The van der Waals surface area contributed by atoms with E-state index in [9.17, 15) is 0 Å². The van der Waals surface area contributed by atoms with Gasteiger partial charge in [-0.25, -0.2) is 0 Å². The molecule has 0 spiro atoms. The highest BCUT2D eigenvalue weighted by Crippen LogP contribution is 2.14. The van der Waals surface area contributed by atoms with Crippen LogP contribution in [-0.4, -0.2) is 8.32 Å². The van der Waals surface area contributed by atoms with E-state index in [-0.39, 0.29) is 0 Å². The zero-order valence-electron chi connectivity index (χ0n) is 8.90. The van der Waals surface area contributed by atoms with Crippen molar-refractivity contribution >= 4 is 8.32 Å². The minimum atomic E-state index is -1.42. The van der Waals surface area contributed by atoms with Crippen LogP contribution in [0.15, 0.2) is 24.0 Å². The molecule has 0 aromatic heterocycles. The van der Waals surface area contributed by atoms with Crippen LogP contribution in [0.1, 0.15) is 20.3 Å². The Bertz CT molecular complexity index is 187. The Morgan fingerprint density at radius 1 is 1.42 bits per heavy atom. The Balaban J connectivity index is 4.28. The summed E-state index contributed by atoms with van der Waals surface area (Å²) >= 11 is 0. The third-order valence-electron chi connectivity index (χ3n) is 1.19. The summed E-state index contributed by atoms with van der Waals surface area (Å²) in [6, 6.07) is 0. The lowest BCUT2D eigenvalue weighted by atomic mass is 10.2. The Morgan fingerprint density at radius 3 is 2.17 bits per heavy atom. The third-order valence-corrected chi connectivity index (χ3v) is 2.07. The van der Waals surface area contributed by atoms with Crippen molar-refractivity contribution in [2.75, 3.05) is 0 Å². The molecule has 1 nitrogen and oxygen atoms in total. The molecule has 0 unspecified atom stereocenters. The maximum absolute atomic E-state index is 5.84. The lowest BCUT2D eigenvalue weighted by molar-refractivity contribution is 0.405. The van der Waals surface area contributed by atoms with E-state index >= 15 is 0 Å². The second kappa shape index (κ2) is 4.50. The fourth-order valence-corrected chi connectivity index (χ4v) is 1.86. The quantitative estimate of drug-likeness (QED) is 0.368. The molecule has 12 heavy (non-hydrogen) atoms. The predicted molar refractivity (Wildman–Crippen MR) is 57.6 cm³/mol. The van der Waals surface area contributed by atoms with Crippen LogP contribution < -0.4 is 0 Å². The van der Waals surface area contributed by atoms with E-state index in [1.54, 1.807) is 0 Å². The molecule has 0 rings (SSSR count). The van der Waals surface area contributed by atoms with E-state index in [2.05, 4.69) is 33.1 Å². The molecular weight excluding hydrogens is 164 g/mol. The van der Waals surface area contributed by atoms with Crippen LogP contribution in [0.25, 0.3) is 0 Å². The predicted octanol–water partition coefficient (Wildman–Crippen LogP) is 3.71. The molecule has 0 aliphatic rings. The topological polar surface area (TPSA) is 9.23 Å². The SMILES string of the molecule is C=C(C)C=C(CC)O[Si](C)(C)C. The van der Waals surface area contributed by atoms with Gasteiger partial charge in [0, 0.05) is 6.42 Å². The van der Waals surface area contributed by atoms with E-state index in [4.69, 9.17) is 4.43 Å². The van der Waals surface area contributed by atoms with Crippen molar-refractivity contribution in [2.24, 2.45) is 0 Å². The smallest absolute Gasteiger partial charge is 0.241 e. The summed E-state index contributed by atoms with van der Waals surface area (Å²) in [5.74, 6) is 1.07. The van der Waals surface area contributed by atoms with Gasteiger partial charge < -0.3 is 4.43 Å². The number of allylic oxidation sites excluding steroid dienone is 3.